The summed E-state index contributed by atoms with van der Waals surface area (Å²) in [5.74, 6) is 1.48. The van der Waals surface area contributed by atoms with Crippen LogP contribution >= 0.6 is 0 Å². The van der Waals surface area contributed by atoms with E-state index in [0.717, 1.165) is 0 Å². The average molecular weight is 220 g/mol. The molecular weight excluding hydrogens is 196 g/mol. The number of sulfone groups is 1. The molecular formula is C11H24O2S. The molecule has 14 heavy (non-hydrogen) atoms. The van der Waals surface area contributed by atoms with Gasteiger partial charge in [0.2, 0.25) is 0 Å². The summed E-state index contributed by atoms with van der Waals surface area (Å²) in [6.07, 6.45) is 0. The van der Waals surface area contributed by atoms with Crippen LogP contribution in [0.1, 0.15) is 41.5 Å². The highest BCUT2D eigenvalue weighted by Crippen LogP contribution is 2.23. The summed E-state index contributed by atoms with van der Waals surface area (Å²) in [5.41, 5.74) is 0. The van der Waals surface area contributed by atoms with Crippen molar-refractivity contribution in [3.05, 3.63) is 0 Å². The van der Waals surface area contributed by atoms with E-state index < -0.39 is 9.84 Å². The first-order chi connectivity index (χ1) is 6.18. The smallest absolute Gasteiger partial charge is 0.152 e. The van der Waals surface area contributed by atoms with Crippen LogP contribution < -0.4 is 0 Å². The Labute approximate surface area is 89.0 Å². The number of hydrogen-bond donors (Lipinski definition) is 0. The molecule has 0 aromatic heterocycles. The Kier molecular flexibility index (Phi) is 5.13. The monoisotopic (exact) mass is 220 g/mol. The summed E-state index contributed by atoms with van der Waals surface area (Å²) in [4.78, 5) is 0. The fourth-order valence-corrected chi connectivity index (χ4v) is 3.31. The topological polar surface area (TPSA) is 34.1 Å². The van der Waals surface area contributed by atoms with Crippen LogP contribution in [0.25, 0.3) is 0 Å². The minimum Gasteiger partial charge on any atom is -0.229 e. The standard InChI is InChI=1S/C11H24O2S/c1-8(2)11(9(3)4)7-14(12,13)10(5)6/h8-11H,7H2,1-6H3. The fraction of sp³-hybridized carbons (Fsp3) is 1.00. The number of rotatable bonds is 5. The van der Waals surface area contributed by atoms with Gasteiger partial charge in [0.15, 0.2) is 9.84 Å². The Hall–Kier alpha value is -0.0500. The van der Waals surface area contributed by atoms with E-state index in [1.165, 1.54) is 0 Å². The van der Waals surface area contributed by atoms with Crippen LogP contribution in [0.3, 0.4) is 0 Å². The predicted octanol–water partition coefficient (Wildman–Crippen LogP) is 2.74. The van der Waals surface area contributed by atoms with Crippen molar-refractivity contribution in [1.29, 1.82) is 0 Å². The van der Waals surface area contributed by atoms with E-state index in [1.807, 2.05) is 0 Å². The lowest BCUT2D eigenvalue weighted by Crippen LogP contribution is -2.29. The third-order valence-corrected chi connectivity index (χ3v) is 5.14. The normalized spacial score (nSPS) is 13.6. The largest absolute Gasteiger partial charge is 0.229 e. The van der Waals surface area contributed by atoms with Gasteiger partial charge in [-0.25, -0.2) is 8.42 Å². The first kappa shape index (κ1) is 13.9. The molecule has 0 N–H and O–H groups in total. The van der Waals surface area contributed by atoms with Crippen molar-refractivity contribution in [3.8, 4) is 0 Å². The summed E-state index contributed by atoms with van der Waals surface area (Å²) in [6, 6.07) is 0. The van der Waals surface area contributed by atoms with E-state index in [-0.39, 0.29) is 11.2 Å². The van der Waals surface area contributed by atoms with Gasteiger partial charge in [0, 0.05) is 0 Å². The van der Waals surface area contributed by atoms with Crippen LogP contribution in [-0.2, 0) is 9.84 Å². The Morgan fingerprint density at radius 3 is 1.43 bits per heavy atom. The van der Waals surface area contributed by atoms with Gasteiger partial charge in [-0.2, -0.15) is 0 Å². The lowest BCUT2D eigenvalue weighted by Gasteiger charge is -2.25. The van der Waals surface area contributed by atoms with E-state index in [2.05, 4.69) is 27.7 Å². The molecule has 0 heterocycles. The lowest BCUT2D eigenvalue weighted by atomic mass is 9.87. The second kappa shape index (κ2) is 5.15. The molecule has 86 valence electrons. The molecule has 0 aliphatic heterocycles. The third-order valence-electron chi connectivity index (χ3n) is 2.86. The molecule has 0 aromatic rings. The third kappa shape index (κ3) is 3.99. The first-order valence-corrected chi connectivity index (χ1v) is 7.11. The van der Waals surface area contributed by atoms with Crippen molar-refractivity contribution in [3.63, 3.8) is 0 Å². The van der Waals surface area contributed by atoms with Crippen LogP contribution in [-0.4, -0.2) is 19.4 Å². The Morgan fingerprint density at radius 1 is 0.857 bits per heavy atom. The van der Waals surface area contributed by atoms with Crippen molar-refractivity contribution in [2.45, 2.75) is 46.8 Å². The van der Waals surface area contributed by atoms with Gasteiger partial charge in [-0.3, -0.25) is 0 Å². The molecule has 2 nitrogen and oxygen atoms in total. The molecule has 0 radical (unpaired) electrons. The summed E-state index contributed by atoms with van der Waals surface area (Å²) in [5, 5.41) is -0.248. The highest BCUT2D eigenvalue weighted by Gasteiger charge is 2.26. The number of hydrogen-bond acceptors (Lipinski definition) is 2. The Balaban J connectivity index is 4.62. The van der Waals surface area contributed by atoms with Crippen LogP contribution in [0.15, 0.2) is 0 Å². The SMILES string of the molecule is CC(C)C(CS(=O)(=O)C(C)C)C(C)C. The zero-order chi connectivity index (χ0) is 11.5. The molecule has 0 aliphatic rings. The van der Waals surface area contributed by atoms with Gasteiger partial charge in [-0.05, 0) is 31.6 Å². The second-order valence-corrected chi connectivity index (χ2v) is 7.63. The fourth-order valence-electron chi connectivity index (χ4n) is 1.62. The molecule has 0 saturated heterocycles. The molecule has 0 atom stereocenters. The van der Waals surface area contributed by atoms with Crippen molar-refractivity contribution >= 4 is 9.84 Å². The van der Waals surface area contributed by atoms with Gasteiger partial charge in [-0.15, -0.1) is 0 Å². The molecule has 0 fully saturated rings. The van der Waals surface area contributed by atoms with Gasteiger partial charge in [0.1, 0.15) is 0 Å². The minimum absolute atomic E-state index is 0.248. The van der Waals surface area contributed by atoms with Crippen molar-refractivity contribution in [1.82, 2.24) is 0 Å². The van der Waals surface area contributed by atoms with Crippen LogP contribution in [0.5, 0.6) is 0 Å². The Bertz CT molecular complexity index is 242. The van der Waals surface area contributed by atoms with Gasteiger partial charge in [0.25, 0.3) is 0 Å². The molecule has 0 unspecified atom stereocenters. The molecule has 0 rings (SSSR count). The summed E-state index contributed by atoms with van der Waals surface area (Å²) in [7, 11) is -2.89. The van der Waals surface area contributed by atoms with Crippen molar-refractivity contribution in [2.75, 3.05) is 5.75 Å². The minimum atomic E-state index is -2.89. The van der Waals surface area contributed by atoms with Crippen LogP contribution in [0.4, 0.5) is 0 Å². The highest BCUT2D eigenvalue weighted by atomic mass is 32.2. The molecule has 0 saturated carbocycles. The van der Waals surface area contributed by atoms with E-state index in [0.29, 0.717) is 17.6 Å². The van der Waals surface area contributed by atoms with Gasteiger partial charge >= 0.3 is 0 Å². The zero-order valence-corrected chi connectivity index (χ0v) is 11.1. The van der Waals surface area contributed by atoms with E-state index >= 15 is 0 Å². The molecule has 0 aromatic carbocycles. The molecule has 0 amide bonds. The first-order valence-electron chi connectivity index (χ1n) is 5.40. The van der Waals surface area contributed by atoms with Gasteiger partial charge < -0.3 is 0 Å². The lowest BCUT2D eigenvalue weighted by molar-refractivity contribution is 0.317. The molecule has 0 bridgehead atoms. The van der Waals surface area contributed by atoms with Crippen molar-refractivity contribution in [2.24, 2.45) is 17.8 Å². The maximum Gasteiger partial charge on any atom is 0.152 e. The van der Waals surface area contributed by atoms with Gasteiger partial charge in [0.05, 0.1) is 11.0 Å². The van der Waals surface area contributed by atoms with Crippen LogP contribution in [0.2, 0.25) is 0 Å². The zero-order valence-electron chi connectivity index (χ0n) is 10.2. The quantitative estimate of drug-likeness (QED) is 0.714. The van der Waals surface area contributed by atoms with Crippen LogP contribution in [0, 0.1) is 17.8 Å². The van der Waals surface area contributed by atoms with E-state index in [9.17, 15) is 8.42 Å². The summed E-state index contributed by atoms with van der Waals surface area (Å²) in [6.45, 7) is 11.9. The molecule has 0 aliphatic carbocycles. The summed E-state index contributed by atoms with van der Waals surface area (Å²) >= 11 is 0. The second-order valence-electron chi connectivity index (χ2n) is 5.03. The molecule has 0 spiro atoms. The highest BCUT2D eigenvalue weighted by molar-refractivity contribution is 7.91. The van der Waals surface area contributed by atoms with Crippen molar-refractivity contribution < 1.29 is 8.42 Å². The van der Waals surface area contributed by atoms with E-state index in [4.69, 9.17) is 0 Å². The molecule has 3 heteroatoms. The Morgan fingerprint density at radius 2 is 1.21 bits per heavy atom. The van der Waals surface area contributed by atoms with Gasteiger partial charge in [-0.1, -0.05) is 27.7 Å². The van der Waals surface area contributed by atoms with E-state index in [1.54, 1.807) is 13.8 Å². The maximum atomic E-state index is 11.7. The predicted molar refractivity (Wildman–Crippen MR) is 62.1 cm³/mol. The summed E-state index contributed by atoms with van der Waals surface area (Å²) < 4.78 is 23.5. The average Bonchev–Trinajstić information content (AvgIpc) is 1.98. The maximum absolute atomic E-state index is 11.7.